The molecule has 0 aliphatic heterocycles. The van der Waals surface area contributed by atoms with Crippen molar-refractivity contribution in [1.82, 2.24) is 5.48 Å². The van der Waals surface area contributed by atoms with Crippen LogP contribution >= 0.6 is 0 Å². The van der Waals surface area contributed by atoms with Crippen molar-refractivity contribution < 1.29 is 35.4 Å². The zero-order valence-electron chi connectivity index (χ0n) is 8.09. The molecule has 1 rings (SSSR count). The first-order valence-corrected chi connectivity index (χ1v) is 5.32. The van der Waals surface area contributed by atoms with Crippen LogP contribution in [-0.4, -0.2) is 20.0 Å². The molecule has 0 aromatic heterocycles. The minimum absolute atomic E-state index is 1.05. The first-order valence-electron chi connectivity index (χ1n) is 3.88. The van der Waals surface area contributed by atoms with Crippen molar-refractivity contribution in [3.8, 4) is 5.75 Å². The summed E-state index contributed by atoms with van der Waals surface area (Å²) < 4.78 is 81.9. The number of halogens is 4. The molecule has 1 aromatic rings. The van der Waals surface area contributed by atoms with Crippen molar-refractivity contribution >= 4 is 10.1 Å². The fraction of sp³-hybridized carbons (Fsp3) is 0.143. The Labute approximate surface area is 92.7 Å². The molecule has 5 nitrogen and oxygen atoms in total. The Morgan fingerprint density at radius 3 is 1.76 bits per heavy atom. The normalized spacial score (nSPS) is 11.6. The number of nitrogens with one attached hydrogen (secondary N) is 1. The van der Waals surface area contributed by atoms with Crippen LogP contribution in [0.25, 0.3) is 0 Å². The number of benzene rings is 1. The highest BCUT2D eigenvalue weighted by Crippen LogP contribution is 2.31. The third-order valence-corrected chi connectivity index (χ3v) is 2.52. The maximum atomic E-state index is 13.1. The molecule has 0 aliphatic rings. The lowest BCUT2D eigenvalue weighted by atomic mass is 10.3. The van der Waals surface area contributed by atoms with Gasteiger partial charge >= 0.3 is 10.1 Å². The predicted molar refractivity (Wildman–Crippen MR) is 45.8 cm³/mol. The van der Waals surface area contributed by atoms with Gasteiger partial charge < -0.3 is 4.84 Å². The second kappa shape index (κ2) is 4.47. The van der Waals surface area contributed by atoms with Crippen LogP contribution in [0.1, 0.15) is 0 Å². The summed E-state index contributed by atoms with van der Waals surface area (Å²) in [4.78, 5) is 1.93. The number of hydrogen-bond donors (Lipinski definition) is 2. The molecule has 0 aliphatic carbocycles. The highest BCUT2D eigenvalue weighted by Gasteiger charge is 2.33. The first-order chi connectivity index (χ1) is 7.71. The van der Waals surface area contributed by atoms with E-state index in [1.807, 2.05) is 0 Å². The molecule has 10 heteroatoms. The summed E-state index contributed by atoms with van der Waals surface area (Å²) in [7, 11) is -4.40. The van der Waals surface area contributed by atoms with Crippen LogP contribution in [0, 0.1) is 23.3 Å². The molecule has 0 radical (unpaired) electrons. The van der Waals surface area contributed by atoms with Gasteiger partial charge in [-0.15, -0.1) is 0 Å². The van der Waals surface area contributed by atoms with Gasteiger partial charge in [-0.3, -0.25) is 4.55 Å². The lowest BCUT2D eigenvalue weighted by Crippen LogP contribution is -2.17. The van der Waals surface area contributed by atoms with Crippen molar-refractivity contribution in [2.75, 3.05) is 7.05 Å². The third kappa shape index (κ3) is 2.33. The fourth-order valence-electron chi connectivity index (χ4n) is 1.01. The molecule has 0 bridgehead atoms. The number of hydroxylamine groups is 1. The van der Waals surface area contributed by atoms with E-state index in [1.54, 1.807) is 5.48 Å². The molecule has 96 valence electrons. The Bertz CT molecular complexity index is 530. The summed E-state index contributed by atoms with van der Waals surface area (Å²) in [6.07, 6.45) is 0. The molecule has 17 heavy (non-hydrogen) atoms. The molecule has 1 aromatic carbocycles. The van der Waals surface area contributed by atoms with Crippen molar-refractivity contribution in [1.29, 1.82) is 0 Å². The number of rotatable bonds is 3. The fourth-order valence-corrected chi connectivity index (χ4v) is 1.64. The zero-order valence-corrected chi connectivity index (χ0v) is 8.91. The molecule has 0 fully saturated rings. The van der Waals surface area contributed by atoms with Gasteiger partial charge in [-0.1, -0.05) is 0 Å². The summed E-state index contributed by atoms with van der Waals surface area (Å²) in [5, 5.41) is 0. The molecule has 0 saturated carbocycles. The summed E-state index contributed by atoms with van der Waals surface area (Å²) in [5.41, 5.74) is 1.75. The largest absolute Gasteiger partial charge is 0.403 e. The lowest BCUT2D eigenvalue weighted by Gasteiger charge is -2.09. The van der Waals surface area contributed by atoms with E-state index in [2.05, 4.69) is 4.84 Å². The van der Waals surface area contributed by atoms with E-state index in [0.29, 0.717) is 0 Å². The van der Waals surface area contributed by atoms with E-state index in [4.69, 9.17) is 4.55 Å². The summed E-state index contributed by atoms with van der Waals surface area (Å²) in [6.45, 7) is 0. The quantitative estimate of drug-likeness (QED) is 0.372. The van der Waals surface area contributed by atoms with E-state index >= 15 is 0 Å². The van der Waals surface area contributed by atoms with Crippen LogP contribution in [-0.2, 0) is 10.1 Å². The molecular formula is C7H5F4NO4S. The zero-order chi connectivity index (χ0) is 13.4. The van der Waals surface area contributed by atoms with Crippen molar-refractivity contribution in [3.63, 3.8) is 0 Å². The Kier molecular flexibility index (Phi) is 3.59. The van der Waals surface area contributed by atoms with Crippen molar-refractivity contribution in [2.45, 2.75) is 4.90 Å². The van der Waals surface area contributed by atoms with Gasteiger partial charge in [-0.25, -0.2) is 8.78 Å². The lowest BCUT2D eigenvalue weighted by molar-refractivity contribution is 0.192. The van der Waals surface area contributed by atoms with Gasteiger partial charge in [0, 0.05) is 7.05 Å². The van der Waals surface area contributed by atoms with Gasteiger partial charge in [0.15, 0.2) is 16.5 Å². The highest BCUT2D eigenvalue weighted by molar-refractivity contribution is 7.85. The Hall–Kier alpha value is -1.39. The maximum Gasteiger partial charge on any atom is 0.300 e. The summed E-state index contributed by atoms with van der Waals surface area (Å²) >= 11 is 0. The number of hydrogen-bond acceptors (Lipinski definition) is 4. The topological polar surface area (TPSA) is 75.6 Å². The van der Waals surface area contributed by atoms with Crippen LogP contribution in [0.5, 0.6) is 5.75 Å². The molecule has 0 heterocycles. The monoisotopic (exact) mass is 275 g/mol. The Balaban J connectivity index is 3.71. The van der Waals surface area contributed by atoms with Crippen LogP contribution in [0.3, 0.4) is 0 Å². The minimum Gasteiger partial charge on any atom is -0.403 e. The van der Waals surface area contributed by atoms with E-state index in [0.717, 1.165) is 7.05 Å². The van der Waals surface area contributed by atoms with E-state index < -0.39 is 44.0 Å². The molecular weight excluding hydrogens is 270 g/mol. The second-order valence-corrected chi connectivity index (χ2v) is 4.05. The van der Waals surface area contributed by atoms with Crippen LogP contribution in [0.4, 0.5) is 17.6 Å². The van der Waals surface area contributed by atoms with Crippen LogP contribution < -0.4 is 10.3 Å². The third-order valence-electron chi connectivity index (χ3n) is 1.64. The molecule has 2 N–H and O–H groups in total. The average molecular weight is 275 g/mol. The SMILES string of the molecule is CNOc1c(F)c(F)c(S(=O)(=O)O)c(F)c1F. The molecule has 0 atom stereocenters. The van der Waals surface area contributed by atoms with E-state index in [1.165, 1.54) is 0 Å². The highest BCUT2D eigenvalue weighted by atomic mass is 32.2. The van der Waals surface area contributed by atoms with Gasteiger partial charge in [0.25, 0.3) is 0 Å². The molecule has 0 unspecified atom stereocenters. The second-order valence-electron chi connectivity index (χ2n) is 2.70. The van der Waals surface area contributed by atoms with Crippen molar-refractivity contribution in [3.05, 3.63) is 23.3 Å². The van der Waals surface area contributed by atoms with Gasteiger partial charge in [0.2, 0.25) is 17.4 Å². The van der Waals surface area contributed by atoms with Crippen LogP contribution in [0.2, 0.25) is 0 Å². The molecule has 0 spiro atoms. The van der Waals surface area contributed by atoms with E-state index in [9.17, 15) is 26.0 Å². The maximum absolute atomic E-state index is 13.1. The Morgan fingerprint density at radius 1 is 1.06 bits per heavy atom. The standard InChI is InChI=1S/C7H5F4NO4S/c1-12-16-6-2(8)4(10)7(17(13,14)15)5(11)3(6)9/h12H,1H3,(H,13,14,15). The molecule has 0 amide bonds. The summed E-state index contributed by atoms with van der Waals surface area (Å²) in [6, 6.07) is 0. The van der Waals surface area contributed by atoms with Gasteiger partial charge in [0.05, 0.1) is 0 Å². The smallest absolute Gasteiger partial charge is 0.300 e. The van der Waals surface area contributed by atoms with Crippen molar-refractivity contribution in [2.24, 2.45) is 0 Å². The van der Waals surface area contributed by atoms with Crippen LogP contribution in [0.15, 0.2) is 4.90 Å². The van der Waals surface area contributed by atoms with Gasteiger partial charge in [0.1, 0.15) is 0 Å². The van der Waals surface area contributed by atoms with Gasteiger partial charge in [-0.05, 0) is 0 Å². The Morgan fingerprint density at radius 2 is 1.47 bits per heavy atom. The molecule has 0 saturated heterocycles. The minimum atomic E-state index is -5.45. The average Bonchev–Trinajstić information content (AvgIpc) is 2.20. The van der Waals surface area contributed by atoms with Gasteiger partial charge in [-0.2, -0.15) is 22.7 Å². The predicted octanol–water partition coefficient (Wildman–Crippen LogP) is 1.00. The first kappa shape index (κ1) is 13.7. The van der Waals surface area contributed by atoms with E-state index in [-0.39, 0.29) is 0 Å². The summed E-state index contributed by atoms with van der Waals surface area (Å²) in [5.74, 6) is -10.2.